The van der Waals surface area contributed by atoms with Crippen molar-refractivity contribution in [3.05, 3.63) is 4.91 Å². The minimum Gasteiger partial charge on any atom is -0.247 e. The van der Waals surface area contributed by atoms with Gasteiger partial charge in [0.15, 0.2) is 0 Å². The molecule has 0 aliphatic rings. The molecule has 0 unspecified atom stereocenters. The zero-order valence-electron chi connectivity index (χ0n) is 6.24. The summed E-state index contributed by atoms with van der Waals surface area (Å²) < 4.78 is 0. The van der Waals surface area contributed by atoms with Crippen molar-refractivity contribution < 1.29 is 0 Å². The van der Waals surface area contributed by atoms with Crippen LogP contribution in [0.4, 0.5) is 0 Å². The Morgan fingerprint density at radius 3 is 2.60 bits per heavy atom. The predicted molar refractivity (Wildman–Crippen MR) is 37.8 cm³/mol. The summed E-state index contributed by atoms with van der Waals surface area (Å²) in [6.07, 6.45) is 0. The lowest BCUT2D eigenvalue weighted by molar-refractivity contribution is 0.281. The molecule has 0 rings (SSSR count). The first-order valence-corrected chi connectivity index (χ1v) is 3.16. The SMILES string of the molecule is CC(C)CN(CC#N)N=O. The molecule has 0 spiro atoms. The van der Waals surface area contributed by atoms with Crippen molar-refractivity contribution in [3.63, 3.8) is 0 Å². The highest BCUT2D eigenvalue weighted by Crippen LogP contribution is 1.97. The molecule has 0 aromatic heterocycles. The van der Waals surface area contributed by atoms with Crippen LogP contribution in [0.3, 0.4) is 0 Å². The van der Waals surface area contributed by atoms with E-state index in [0.717, 1.165) is 0 Å². The summed E-state index contributed by atoms with van der Waals surface area (Å²) in [7, 11) is 0. The van der Waals surface area contributed by atoms with Crippen LogP contribution in [0.5, 0.6) is 0 Å². The molecule has 4 heteroatoms. The average Bonchev–Trinajstić information content (AvgIpc) is 1.86. The molecule has 0 bridgehead atoms. The predicted octanol–water partition coefficient (Wildman–Crippen LogP) is 1.15. The van der Waals surface area contributed by atoms with Gasteiger partial charge in [0.25, 0.3) is 0 Å². The third kappa shape index (κ3) is 3.84. The largest absolute Gasteiger partial charge is 0.247 e. The van der Waals surface area contributed by atoms with Gasteiger partial charge in [-0.2, -0.15) is 5.26 Å². The summed E-state index contributed by atoms with van der Waals surface area (Å²) in [5.41, 5.74) is 0. The van der Waals surface area contributed by atoms with Crippen LogP contribution < -0.4 is 0 Å². The van der Waals surface area contributed by atoms with Crippen LogP contribution >= 0.6 is 0 Å². The lowest BCUT2D eigenvalue weighted by atomic mass is 10.2. The smallest absolute Gasteiger partial charge is 0.126 e. The van der Waals surface area contributed by atoms with Crippen molar-refractivity contribution in [2.24, 2.45) is 11.2 Å². The standard InChI is InChI=1S/C6H11N3O/c1-6(2)5-9(8-10)4-3-7/h6H,4-5H2,1-2H3. The van der Waals surface area contributed by atoms with E-state index in [9.17, 15) is 4.91 Å². The zero-order valence-corrected chi connectivity index (χ0v) is 6.24. The van der Waals surface area contributed by atoms with Gasteiger partial charge in [0, 0.05) is 6.54 Å². The van der Waals surface area contributed by atoms with E-state index in [4.69, 9.17) is 5.26 Å². The summed E-state index contributed by atoms with van der Waals surface area (Å²) in [6.45, 7) is 4.57. The third-order valence-corrected chi connectivity index (χ3v) is 0.945. The summed E-state index contributed by atoms with van der Waals surface area (Å²) in [5, 5.41) is 12.1. The maximum Gasteiger partial charge on any atom is 0.126 e. The Labute approximate surface area is 60.4 Å². The molecular formula is C6H11N3O. The molecule has 0 atom stereocenters. The van der Waals surface area contributed by atoms with Crippen LogP contribution in [0, 0.1) is 22.2 Å². The second-order valence-corrected chi connectivity index (χ2v) is 2.48. The van der Waals surface area contributed by atoms with Crippen molar-refractivity contribution in [3.8, 4) is 6.07 Å². The molecule has 0 saturated heterocycles. The molecule has 56 valence electrons. The van der Waals surface area contributed by atoms with Crippen LogP contribution in [0.15, 0.2) is 5.29 Å². The molecule has 0 fully saturated rings. The number of hydrogen-bond acceptors (Lipinski definition) is 3. The van der Waals surface area contributed by atoms with E-state index in [-0.39, 0.29) is 6.54 Å². The number of nitroso groups, excluding NO2 is 1. The molecule has 0 aromatic rings. The van der Waals surface area contributed by atoms with Gasteiger partial charge in [0.1, 0.15) is 6.54 Å². The van der Waals surface area contributed by atoms with Gasteiger partial charge in [0.2, 0.25) is 0 Å². The maximum atomic E-state index is 9.96. The van der Waals surface area contributed by atoms with Crippen molar-refractivity contribution in [1.29, 1.82) is 5.26 Å². The van der Waals surface area contributed by atoms with Gasteiger partial charge in [0.05, 0.1) is 11.4 Å². The molecule has 10 heavy (non-hydrogen) atoms. The number of nitrogens with zero attached hydrogens (tertiary/aromatic N) is 3. The Hall–Kier alpha value is -1.11. The highest BCUT2D eigenvalue weighted by Gasteiger charge is 2.03. The van der Waals surface area contributed by atoms with Crippen LogP contribution in [0.1, 0.15) is 13.8 Å². The van der Waals surface area contributed by atoms with Crippen molar-refractivity contribution in [2.45, 2.75) is 13.8 Å². The Morgan fingerprint density at radius 1 is 1.70 bits per heavy atom. The van der Waals surface area contributed by atoms with Crippen LogP contribution in [0.25, 0.3) is 0 Å². The van der Waals surface area contributed by atoms with E-state index in [0.29, 0.717) is 12.5 Å². The molecule has 4 nitrogen and oxygen atoms in total. The first-order chi connectivity index (χ1) is 4.70. The lowest BCUT2D eigenvalue weighted by Crippen LogP contribution is -2.21. The normalized spacial score (nSPS) is 9.00. The molecule has 0 saturated carbocycles. The number of nitriles is 1. The molecule has 0 amide bonds. The van der Waals surface area contributed by atoms with Gasteiger partial charge < -0.3 is 0 Å². The van der Waals surface area contributed by atoms with E-state index < -0.39 is 0 Å². The van der Waals surface area contributed by atoms with E-state index in [1.165, 1.54) is 5.01 Å². The number of rotatable bonds is 4. The van der Waals surface area contributed by atoms with Crippen molar-refractivity contribution >= 4 is 0 Å². The van der Waals surface area contributed by atoms with Gasteiger partial charge in [-0.3, -0.25) is 0 Å². The third-order valence-electron chi connectivity index (χ3n) is 0.945. The average molecular weight is 141 g/mol. The summed E-state index contributed by atoms with van der Waals surface area (Å²) in [5.74, 6) is 0.367. The minimum absolute atomic E-state index is 0.0850. The van der Waals surface area contributed by atoms with Gasteiger partial charge in [-0.15, -0.1) is 4.91 Å². The van der Waals surface area contributed by atoms with E-state index in [1.54, 1.807) is 0 Å². The Kier molecular flexibility index (Phi) is 4.21. The summed E-state index contributed by atoms with van der Waals surface area (Å²) >= 11 is 0. The number of hydrogen-bond donors (Lipinski definition) is 0. The lowest BCUT2D eigenvalue weighted by Gasteiger charge is -2.12. The zero-order chi connectivity index (χ0) is 7.98. The second-order valence-electron chi connectivity index (χ2n) is 2.48. The van der Waals surface area contributed by atoms with Gasteiger partial charge in [-0.05, 0) is 5.92 Å². The topological polar surface area (TPSA) is 56.5 Å². The molecule has 0 N–H and O–H groups in total. The Morgan fingerprint density at radius 2 is 2.30 bits per heavy atom. The van der Waals surface area contributed by atoms with Crippen LogP contribution in [-0.4, -0.2) is 18.1 Å². The molecule has 0 aliphatic carbocycles. The van der Waals surface area contributed by atoms with E-state index in [2.05, 4.69) is 5.29 Å². The first kappa shape index (κ1) is 8.89. The summed E-state index contributed by atoms with van der Waals surface area (Å²) in [6, 6.07) is 1.86. The Bertz CT molecular complexity index is 138. The van der Waals surface area contributed by atoms with Crippen molar-refractivity contribution in [1.82, 2.24) is 5.01 Å². The molecule has 0 radical (unpaired) electrons. The fourth-order valence-corrected chi connectivity index (χ4v) is 0.630. The van der Waals surface area contributed by atoms with Crippen LogP contribution in [-0.2, 0) is 0 Å². The maximum absolute atomic E-state index is 9.96. The quantitative estimate of drug-likeness (QED) is 0.335. The van der Waals surface area contributed by atoms with Gasteiger partial charge in [-0.1, -0.05) is 13.8 Å². The fourth-order valence-electron chi connectivity index (χ4n) is 0.630. The van der Waals surface area contributed by atoms with E-state index >= 15 is 0 Å². The molecule has 0 heterocycles. The second kappa shape index (κ2) is 4.74. The van der Waals surface area contributed by atoms with Crippen molar-refractivity contribution in [2.75, 3.05) is 13.1 Å². The monoisotopic (exact) mass is 141 g/mol. The highest BCUT2D eigenvalue weighted by molar-refractivity contribution is 4.74. The minimum atomic E-state index is 0.0850. The highest BCUT2D eigenvalue weighted by atomic mass is 16.3. The van der Waals surface area contributed by atoms with Crippen LogP contribution in [0.2, 0.25) is 0 Å². The molecule has 0 aromatic carbocycles. The van der Waals surface area contributed by atoms with Gasteiger partial charge >= 0.3 is 0 Å². The molecule has 0 aliphatic heterocycles. The first-order valence-electron chi connectivity index (χ1n) is 3.16. The summed E-state index contributed by atoms with van der Waals surface area (Å²) in [4.78, 5) is 9.96. The van der Waals surface area contributed by atoms with E-state index in [1.807, 2.05) is 19.9 Å². The fraction of sp³-hybridized carbons (Fsp3) is 0.833. The Balaban J connectivity index is 3.62. The molecular weight excluding hydrogens is 130 g/mol. The van der Waals surface area contributed by atoms with Gasteiger partial charge in [-0.25, -0.2) is 5.01 Å².